The zero-order valence-corrected chi connectivity index (χ0v) is 9.39. The average molecular weight is 223 g/mol. The Morgan fingerprint density at radius 1 is 1.62 bits per heavy atom. The minimum Gasteiger partial charge on any atom is -0.345 e. The van der Waals surface area contributed by atoms with Crippen LogP contribution in [0.25, 0.3) is 0 Å². The van der Waals surface area contributed by atoms with Crippen molar-refractivity contribution in [1.82, 2.24) is 14.9 Å². The molecule has 2 rings (SSSR count). The zero-order valence-electron chi connectivity index (χ0n) is 9.39. The number of anilines is 1. The van der Waals surface area contributed by atoms with Crippen molar-refractivity contribution < 1.29 is 0 Å². The first-order valence-corrected chi connectivity index (χ1v) is 5.41. The summed E-state index contributed by atoms with van der Waals surface area (Å²) in [6.45, 7) is 3.11. The summed E-state index contributed by atoms with van der Waals surface area (Å²) in [4.78, 5) is 22.6. The van der Waals surface area contributed by atoms with E-state index >= 15 is 0 Å². The smallest absolute Gasteiger partial charge is 0.290 e. The molecule has 1 aromatic heterocycles. The van der Waals surface area contributed by atoms with Crippen molar-refractivity contribution in [2.24, 2.45) is 5.73 Å². The fourth-order valence-corrected chi connectivity index (χ4v) is 2.04. The summed E-state index contributed by atoms with van der Waals surface area (Å²) in [7, 11) is 2.06. The molecule has 3 N–H and O–H groups in total. The zero-order chi connectivity index (χ0) is 11.5. The van der Waals surface area contributed by atoms with Crippen LogP contribution in [0.4, 0.5) is 5.82 Å². The van der Waals surface area contributed by atoms with E-state index in [1.807, 2.05) is 4.90 Å². The lowest BCUT2D eigenvalue weighted by Crippen LogP contribution is -2.56. The van der Waals surface area contributed by atoms with E-state index in [-0.39, 0.29) is 11.6 Å². The normalized spacial score (nSPS) is 22.4. The molecule has 1 atom stereocenters. The lowest BCUT2D eigenvalue weighted by Gasteiger charge is -2.39. The van der Waals surface area contributed by atoms with E-state index in [1.54, 1.807) is 12.4 Å². The molecule has 0 saturated carbocycles. The number of H-pyrrole nitrogens is 1. The lowest BCUT2D eigenvalue weighted by molar-refractivity contribution is 0.268. The summed E-state index contributed by atoms with van der Waals surface area (Å²) in [6, 6.07) is 0.162. The van der Waals surface area contributed by atoms with Crippen LogP contribution in [-0.4, -0.2) is 54.1 Å². The third-order valence-corrected chi connectivity index (χ3v) is 2.92. The molecular weight excluding hydrogens is 206 g/mol. The van der Waals surface area contributed by atoms with Crippen molar-refractivity contribution in [3.63, 3.8) is 0 Å². The Labute approximate surface area is 94.1 Å². The molecule has 0 aliphatic carbocycles. The average Bonchev–Trinajstić information content (AvgIpc) is 2.30. The van der Waals surface area contributed by atoms with Crippen molar-refractivity contribution in [1.29, 1.82) is 0 Å². The highest BCUT2D eigenvalue weighted by molar-refractivity contribution is 5.38. The van der Waals surface area contributed by atoms with Gasteiger partial charge in [-0.15, -0.1) is 0 Å². The summed E-state index contributed by atoms with van der Waals surface area (Å²) in [5.41, 5.74) is 5.59. The van der Waals surface area contributed by atoms with Crippen LogP contribution in [-0.2, 0) is 0 Å². The van der Waals surface area contributed by atoms with E-state index < -0.39 is 0 Å². The largest absolute Gasteiger partial charge is 0.345 e. The van der Waals surface area contributed by atoms with Gasteiger partial charge in [0.1, 0.15) is 0 Å². The van der Waals surface area contributed by atoms with Crippen LogP contribution in [0.5, 0.6) is 0 Å². The standard InChI is InChI=1S/C10H17N5O/c1-14-4-5-15(8(6-11)7-14)9-10(16)13-3-2-12-9/h2-3,8H,4-7,11H2,1H3,(H,13,16). The monoisotopic (exact) mass is 223 g/mol. The molecule has 1 aromatic rings. The number of likely N-dealkylation sites (N-methyl/N-ethyl adjacent to an activating group) is 1. The van der Waals surface area contributed by atoms with Gasteiger partial charge in [0, 0.05) is 38.6 Å². The molecule has 0 radical (unpaired) electrons. The first-order valence-electron chi connectivity index (χ1n) is 5.41. The molecule has 1 saturated heterocycles. The molecule has 0 amide bonds. The van der Waals surface area contributed by atoms with Gasteiger partial charge in [-0.25, -0.2) is 4.98 Å². The number of nitrogens with zero attached hydrogens (tertiary/aromatic N) is 3. The molecule has 6 nitrogen and oxygen atoms in total. The summed E-state index contributed by atoms with van der Waals surface area (Å²) in [5.74, 6) is 0.478. The molecule has 1 fully saturated rings. The Hall–Kier alpha value is -1.40. The van der Waals surface area contributed by atoms with Gasteiger partial charge >= 0.3 is 0 Å². The number of nitrogens with two attached hydrogens (primary N) is 1. The number of piperazine rings is 1. The lowest BCUT2D eigenvalue weighted by atomic mass is 10.2. The fraction of sp³-hybridized carbons (Fsp3) is 0.600. The summed E-state index contributed by atoms with van der Waals surface area (Å²) < 4.78 is 0. The summed E-state index contributed by atoms with van der Waals surface area (Å²) in [5, 5.41) is 0. The van der Waals surface area contributed by atoms with Gasteiger partial charge in [-0.1, -0.05) is 0 Å². The number of aromatic nitrogens is 2. The van der Waals surface area contributed by atoms with Gasteiger partial charge in [0.25, 0.3) is 5.56 Å². The second-order valence-corrected chi connectivity index (χ2v) is 4.09. The molecule has 0 aromatic carbocycles. The number of aromatic amines is 1. The Morgan fingerprint density at radius 3 is 3.12 bits per heavy atom. The van der Waals surface area contributed by atoms with Gasteiger partial charge in [-0.05, 0) is 7.05 Å². The molecule has 1 unspecified atom stereocenters. The van der Waals surface area contributed by atoms with Gasteiger partial charge in [0.2, 0.25) is 0 Å². The predicted molar refractivity (Wildman–Crippen MR) is 62.5 cm³/mol. The Bertz CT molecular complexity index is 404. The van der Waals surface area contributed by atoms with Gasteiger partial charge in [0.15, 0.2) is 5.82 Å². The van der Waals surface area contributed by atoms with E-state index in [0.717, 1.165) is 19.6 Å². The molecule has 0 bridgehead atoms. The van der Waals surface area contributed by atoms with Crippen molar-refractivity contribution in [2.75, 3.05) is 38.1 Å². The van der Waals surface area contributed by atoms with Crippen LogP contribution in [0.2, 0.25) is 0 Å². The molecular formula is C10H17N5O. The maximum atomic E-state index is 11.6. The van der Waals surface area contributed by atoms with E-state index in [1.165, 1.54) is 0 Å². The van der Waals surface area contributed by atoms with Crippen LogP contribution in [0.3, 0.4) is 0 Å². The van der Waals surface area contributed by atoms with E-state index in [9.17, 15) is 4.79 Å². The molecule has 16 heavy (non-hydrogen) atoms. The highest BCUT2D eigenvalue weighted by Crippen LogP contribution is 2.12. The van der Waals surface area contributed by atoms with Crippen LogP contribution >= 0.6 is 0 Å². The van der Waals surface area contributed by atoms with E-state index in [0.29, 0.717) is 12.4 Å². The Morgan fingerprint density at radius 2 is 2.44 bits per heavy atom. The van der Waals surface area contributed by atoms with Crippen LogP contribution in [0, 0.1) is 0 Å². The maximum Gasteiger partial charge on any atom is 0.290 e. The Kier molecular flexibility index (Phi) is 3.21. The van der Waals surface area contributed by atoms with Gasteiger partial charge in [-0.2, -0.15) is 0 Å². The van der Waals surface area contributed by atoms with Crippen molar-refractivity contribution in [3.05, 3.63) is 22.7 Å². The number of rotatable bonds is 2. The van der Waals surface area contributed by atoms with Gasteiger partial charge in [0.05, 0.1) is 6.04 Å². The van der Waals surface area contributed by atoms with Crippen LogP contribution < -0.4 is 16.2 Å². The summed E-state index contributed by atoms with van der Waals surface area (Å²) >= 11 is 0. The molecule has 1 aliphatic heterocycles. The molecule has 88 valence electrons. The minimum atomic E-state index is -0.148. The van der Waals surface area contributed by atoms with Gasteiger partial charge < -0.3 is 20.5 Å². The number of hydrogen-bond acceptors (Lipinski definition) is 5. The van der Waals surface area contributed by atoms with Crippen LogP contribution in [0.1, 0.15) is 0 Å². The molecule has 6 heteroatoms. The maximum absolute atomic E-state index is 11.6. The molecule has 1 aliphatic rings. The summed E-state index contributed by atoms with van der Waals surface area (Å²) in [6.07, 6.45) is 3.14. The minimum absolute atomic E-state index is 0.148. The first kappa shape index (κ1) is 11.1. The van der Waals surface area contributed by atoms with Crippen molar-refractivity contribution in [3.8, 4) is 0 Å². The second-order valence-electron chi connectivity index (χ2n) is 4.09. The molecule has 2 heterocycles. The molecule has 0 spiro atoms. The highest BCUT2D eigenvalue weighted by atomic mass is 16.1. The SMILES string of the molecule is CN1CCN(c2ncc[nH]c2=O)C(CN)C1. The first-order chi connectivity index (χ1) is 7.72. The van der Waals surface area contributed by atoms with Crippen molar-refractivity contribution in [2.45, 2.75) is 6.04 Å². The quantitative estimate of drug-likeness (QED) is 0.662. The Balaban J connectivity index is 2.26. The van der Waals surface area contributed by atoms with Crippen molar-refractivity contribution >= 4 is 5.82 Å². The van der Waals surface area contributed by atoms with Gasteiger partial charge in [-0.3, -0.25) is 4.79 Å². The highest BCUT2D eigenvalue weighted by Gasteiger charge is 2.26. The topological polar surface area (TPSA) is 78.2 Å². The third kappa shape index (κ3) is 2.07. The predicted octanol–water partition coefficient (Wildman–Crippen LogP) is -1.15. The number of hydrogen-bond donors (Lipinski definition) is 2. The van der Waals surface area contributed by atoms with E-state index in [4.69, 9.17) is 5.73 Å². The number of nitrogens with one attached hydrogen (secondary N) is 1. The van der Waals surface area contributed by atoms with Crippen LogP contribution in [0.15, 0.2) is 17.2 Å². The second kappa shape index (κ2) is 4.63. The van der Waals surface area contributed by atoms with E-state index in [2.05, 4.69) is 21.9 Å². The fourth-order valence-electron chi connectivity index (χ4n) is 2.04. The third-order valence-electron chi connectivity index (χ3n) is 2.92.